The fraction of sp³-hybridized carbons (Fsp3) is 0.333. The van der Waals surface area contributed by atoms with Crippen molar-refractivity contribution >= 4 is 16.9 Å². The van der Waals surface area contributed by atoms with E-state index in [4.69, 9.17) is 5.11 Å². The van der Waals surface area contributed by atoms with E-state index in [0.717, 1.165) is 29.4 Å². The largest absolute Gasteiger partial charge is 0.480 e. The second kappa shape index (κ2) is 6.29. The van der Waals surface area contributed by atoms with Crippen LogP contribution in [0.5, 0.6) is 0 Å². The van der Waals surface area contributed by atoms with Crippen LogP contribution in [0.25, 0.3) is 10.9 Å². The number of para-hydroxylation sites is 1. The molecule has 2 aromatic rings. The molecule has 0 aliphatic heterocycles. The zero-order chi connectivity index (χ0) is 13.7. The van der Waals surface area contributed by atoms with E-state index >= 15 is 0 Å². The molecule has 0 amide bonds. The molecule has 0 fully saturated rings. The maximum Gasteiger partial charge on any atom is 0.317 e. The fourth-order valence-electron chi connectivity index (χ4n) is 2.26. The van der Waals surface area contributed by atoms with Gasteiger partial charge >= 0.3 is 5.97 Å². The molecule has 1 aromatic heterocycles. The van der Waals surface area contributed by atoms with Crippen molar-refractivity contribution in [3.8, 4) is 0 Å². The van der Waals surface area contributed by atoms with E-state index in [1.54, 1.807) is 6.20 Å². The quantitative estimate of drug-likeness (QED) is 0.865. The Balaban J connectivity index is 2.25. The maximum absolute atomic E-state index is 10.9. The molecule has 1 heterocycles. The molecule has 100 valence electrons. The standard InChI is InChI=1S/C15H18N2O2/c1-2-9-17(11-14(18)19)10-13-6-3-5-12-7-4-8-16-15(12)13/h3-8H,2,9-11H2,1H3,(H,18,19). The van der Waals surface area contributed by atoms with E-state index in [0.29, 0.717) is 6.54 Å². The van der Waals surface area contributed by atoms with Crippen molar-refractivity contribution in [3.05, 3.63) is 42.1 Å². The third kappa shape index (κ3) is 3.51. The zero-order valence-electron chi connectivity index (χ0n) is 11.0. The van der Waals surface area contributed by atoms with Crippen molar-refractivity contribution in [2.45, 2.75) is 19.9 Å². The summed E-state index contributed by atoms with van der Waals surface area (Å²) in [5, 5.41) is 10.0. The van der Waals surface area contributed by atoms with Gasteiger partial charge in [0.25, 0.3) is 0 Å². The number of pyridine rings is 1. The molecule has 0 aliphatic rings. The number of carbonyl (C=O) groups is 1. The minimum absolute atomic E-state index is 0.0665. The maximum atomic E-state index is 10.9. The van der Waals surface area contributed by atoms with Crippen molar-refractivity contribution < 1.29 is 9.90 Å². The van der Waals surface area contributed by atoms with E-state index in [1.165, 1.54) is 0 Å². The van der Waals surface area contributed by atoms with E-state index in [-0.39, 0.29) is 6.54 Å². The van der Waals surface area contributed by atoms with Crippen LogP contribution in [0.15, 0.2) is 36.5 Å². The first-order valence-corrected chi connectivity index (χ1v) is 6.47. The Hall–Kier alpha value is -1.94. The lowest BCUT2D eigenvalue weighted by Gasteiger charge is -2.20. The topological polar surface area (TPSA) is 53.4 Å². The van der Waals surface area contributed by atoms with Gasteiger partial charge in [-0.1, -0.05) is 31.2 Å². The zero-order valence-corrected chi connectivity index (χ0v) is 11.0. The van der Waals surface area contributed by atoms with Crippen LogP contribution in [0.3, 0.4) is 0 Å². The van der Waals surface area contributed by atoms with E-state index < -0.39 is 5.97 Å². The lowest BCUT2D eigenvalue weighted by atomic mass is 10.1. The summed E-state index contributed by atoms with van der Waals surface area (Å²) < 4.78 is 0. The Labute approximate surface area is 112 Å². The number of carboxylic acid groups (broad SMARTS) is 1. The summed E-state index contributed by atoms with van der Waals surface area (Å²) in [6.07, 6.45) is 2.71. The normalized spacial score (nSPS) is 11.1. The molecule has 4 nitrogen and oxygen atoms in total. The number of aliphatic carboxylic acids is 1. The van der Waals surface area contributed by atoms with Crippen molar-refractivity contribution in [1.82, 2.24) is 9.88 Å². The van der Waals surface area contributed by atoms with Gasteiger partial charge in [0.05, 0.1) is 12.1 Å². The van der Waals surface area contributed by atoms with Gasteiger partial charge in [-0.2, -0.15) is 0 Å². The highest BCUT2D eigenvalue weighted by Crippen LogP contribution is 2.17. The van der Waals surface area contributed by atoms with Gasteiger partial charge < -0.3 is 5.11 Å². The number of nitrogens with zero attached hydrogens (tertiary/aromatic N) is 2. The predicted octanol–water partition coefficient (Wildman–Crippen LogP) is 2.53. The van der Waals surface area contributed by atoms with Crippen molar-refractivity contribution in [3.63, 3.8) is 0 Å². The Morgan fingerprint density at radius 3 is 2.84 bits per heavy atom. The molecule has 0 atom stereocenters. The minimum Gasteiger partial charge on any atom is -0.480 e. The molecule has 0 bridgehead atoms. The molecule has 0 radical (unpaired) electrons. The van der Waals surface area contributed by atoms with E-state index in [1.807, 2.05) is 35.2 Å². The van der Waals surface area contributed by atoms with Gasteiger partial charge in [0.2, 0.25) is 0 Å². The molecule has 2 rings (SSSR count). The first-order chi connectivity index (χ1) is 9.20. The van der Waals surface area contributed by atoms with Crippen LogP contribution in [0.4, 0.5) is 0 Å². The van der Waals surface area contributed by atoms with E-state index in [2.05, 4.69) is 11.9 Å². The summed E-state index contributed by atoms with van der Waals surface area (Å²) in [6.45, 7) is 3.51. The van der Waals surface area contributed by atoms with Gasteiger partial charge in [-0.3, -0.25) is 14.7 Å². The average molecular weight is 258 g/mol. The van der Waals surface area contributed by atoms with Crippen molar-refractivity contribution in [2.24, 2.45) is 0 Å². The number of carboxylic acids is 1. The molecule has 0 unspecified atom stereocenters. The molecule has 0 saturated carbocycles. The Morgan fingerprint density at radius 2 is 2.11 bits per heavy atom. The molecule has 0 aliphatic carbocycles. The van der Waals surface area contributed by atoms with Crippen LogP contribution in [0.1, 0.15) is 18.9 Å². The minimum atomic E-state index is -0.790. The van der Waals surface area contributed by atoms with Gasteiger partial charge in [0.1, 0.15) is 0 Å². The predicted molar refractivity (Wildman–Crippen MR) is 74.9 cm³/mol. The van der Waals surface area contributed by atoms with Gasteiger partial charge in [-0.15, -0.1) is 0 Å². The summed E-state index contributed by atoms with van der Waals surface area (Å²) in [6, 6.07) is 9.96. The number of hydrogen-bond donors (Lipinski definition) is 1. The van der Waals surface area contributed by atoms with Crippen LogP contribution in [-0.4, -0.2) is 34.0 Å². The lowest BCUT2D eigenvalue weighted by Crippen LogP contribution is -2.30. The number of benzene rings is 1. The third-order valence-electron chi connectivity index (χ3n) is 3.01. The number of aromatic nitrogens is 1. The fourth-order valence-corrected chi connectivity index (χ4v) is 2.26. The summed E-state index contributed by atoms with van der Waals surface area (Å²) in [5.41, 5.74) is 2.03. The lowest BCUT2D eigenvalue weighted by molar-refractivity contribution is -0.138. The third-order valence-corrected chi connectivity index (χ3v) is 3.01. The average Bonchev–Trinajstić information content (AvgIpc) is 2.39. The van der Waals surface area contributed by atoms with Gasteiger partial charge in [0, 0.05) is 18.1 Å². The number of fused-ring (bicyclic) bond motifs is 1. The molecular weight excluding hydrogens is 240 g/mol. The molecule has 1 aromatic carbocycles. The highest BCUT2D eigenvalue weighted by molar-refractivity contribution is 5.81. The summed E-state index contributed by atoms with van der Waals surface area (Å²) >= 11 is 0. The Morgan fingerprint density at radius 1 is 1.32 bits per heavy atom. The Bertz CT molecular complexity index is 564. The SMILES string of the molecule is CCCN(CC(=O)O)Cc1cccc2cccnc12. The second-order valence-corrected chi connectivity index (χ2v) is 4.60. The number of hydrogen-bond acceptors (Lipinski definition) is 3. The van der Waals surface area contributed by atoms with Crippen molar-refractivity contribution in [2.75, 3.05) is 13.1 Å². The first-order valence-electron chi connectivity index (χ1n) is 6.47. The molecule has 1 N–H and O–H groups in total. The van der Waals surface area contributed by atoms with Crippen LogP contribution >= 0.6 is 0 Å². The van der Waals surface area contributed by atoms with Gasteiger partial charge in [-0.25, -0.2) is 0 Å². The second-order valence-electron chi connectivity index (χ2n) is 4.60. The monoisotopic (exact) mass is 258 g/mol. The summed E-state index contributed by atoms with van der Waals surface area (Å²) in [5.74, 6) is -0.790. The van der Waals surface area contributed by atoms with Gasteiger partial charge in [0.15, 0.2) is 0 Å². The Kier molecular flexibility index (Phi) is 4.47. The van der Waals surface area contributed by atoms with Gasteiger partial charge in [-0.05, 0) is 24.6 Å². The summed E-state index contributed by atoms with van der Waals surface area (Å²) in [7, 11) is 0. The first kappa shape index (κ1) is 13.5. The van der Waals surface area contributed by atoms with Crippen LogP contribution in [0.2, 0.25) is 0 Å². The molecule has 19 heavy (non-hydrogen) atoms. The molecule has 0 saturated heterocycles. The van der Waals surface area contributed by atoms with Crippen LogP contribution in [-0.2, 0) is 11.3 Å². The molecule has 0 spiro atoms. The van der Waals surface area contributed by atoms with Crippen molar-refractivity contribution in [1.29, 1.82) is 0 Å². The highest BCUT2D eigenvalue weighted by Gasteiger charge is 2.11. The number of rotatable bonds is 6. The van der Waals surface area contributed by atoms with Crippen LogP contribution < -0.4 is 0 Å². The highest BCUT2D eigenvalue weighted by atomic mass is 16.4. The van der Waals surface area contributed by atoms with Crippen LogP contribution in [0, 0.1) is 0 Å². The van der Waals surface area contributed by atoms with E-state index in [9.17, 15) is 4.79 Å². The molecular formula is C15H18N2O2. The molecule has 4 heteroatoms. The smallest absolute Gasteiger partial charge is 0.317 e. The summed E-state index contributed by atoms with van der Waals surface area (Å²) in [4.78, 5) is 17.2.